The van der Waals surface area contributed by atoms with Crippen molar-refractivity contribution in [1.82, 2.24) is 9.80 Å². The summed E-state index contributed by atoms with van der Waals surface area (Å²) in [7, 11) is 0. The molecular weight excluding hydrogens is 399 g/mol. The Labute approximate surface area is 180 Å². The number of carbonyl (C=O) groups excluding carboxylic acids is 1. The zero-order valence-electron chi connectivity index (χ0n) is 17.5. The van der Waals surface area contributed by atoms with E-state index in [0.29, 0.717) is 23.6 Å². The van der Waals surface area contributed by atoms with Gasteiger partial charge in [0, 0.05) is 43.9 Å². The molecule has 0 bridgehead atoms. The van der Waals surface area contributed by atoms with Gasteiger partial charge in [-0.3, -0.25) is 14.6 Å². The van der Waals surface area contributed by atoms with Crippen LogP contribution >= 0.6 is 0 Å². The van der Waals surface area contributed by atoms with Crippen molar-refractivity contribution in [2.75, 3.05) is 46.1 Å². The lowest BCUT2D eigenvalue weighted by Crippen LogP contribution is -2.43. The molecule has 5 rings (SSSR count). The van der Waals surface area contributed by atoms with Gasteiger partial charge in [0.2, 0.25) is 5.78 Å². The number of nitrogens with zero attached hydrogens (tertiary/aromatic N) is 2. The van der Waals surface area contributed by atoms with Gasteiger partial charge in [0.25, 0.3) is 0 Å². The molecule has 3 aliphatic heterocycles. The lowest BCUT2D eigenvalue weighted by Gasteiger charge is -2.33. The van der Waals surface area contributed by atoms with Crippen LogP contribution in [0.2, 0.25) is 0 Å². The summed E-state index contributed by atoms with van der Waals surface area (Å²) in [5, 5.41) is 0. The zero-order valence-corrected chi connectivity index (χ0v) is 17.5. The number of ether oxygens (including phenoxy) is 3. The molecule has 3 heterocycles. The maximum atomic E-state index is 13.5. The minimum atomic E-state index is -0.352. The molecular formula is C24H25FN2O4. The molecule has 2 aromatic carbocycles. The van der Waals surface area contributed by atoms with Crippen molar-refractivity contribution in [3.05, 3.63) is 64.2 Å². The minimum absolute atomic E-state index is 0.185. The van der Waals surface area contributed by atoms with Crippen molar-refractivity contribution in [3.8, 4) is 11.5 Å². The van der Waals surface area contributed by atoms with Gasteiger partial charge in [-0.15, -0.1) is 0 Å². The molecule has 0 atom stereocenters. The molecule has 0 aliphatic carbocycles. The van der Waals surface area contributed by atoms with Crippen LogP contribution in [0.1, 0.15) is 27.0 Å². The second-order valence-electron chi connectivity index (χ2n) is 8.14. The number of hydrogen-bond acceptors (Lipinski definition) is 6. The molecule has 0 aromatic heterocycles. The van der Waals surface area contributed by atoms with Gasteiger partial charge >= 0.3 is 0 Å². The first kappa shape index (κ1) is 20.2. The fourth-order valence-corrected chi connectivity index (χ4v) is 4.30. The molecule has 162 valence electrons. The Morgan fingerprint density at radius 3 is 2.71 bits per heavy atom. The molecule has 0 spiro atoms. The summed E-state index contributed by atoms with van der Waals surface area (Å²) in [6.45, 7) is 8.52. The van der Waals surface area contributed by atoms with Crippen LogP contribution in [0.25, 0.3) is 6.08 Å². The molecule has 3 aliphatic rings. The molecule has 0 saturated carbocycles. The van der Waals surface area contributed by atoms with E-state index in [1.54, 1.807) is 18.2 Å². The maximum Gasteiger partial charge on any atom is 0.231 e. The average molecular weight is 424 g/mol. The standard InChI is InChI=1S/C24H25FN2O4/c1-16-23-18(14-27(15-30-23)6-5-26-7-9-29-10-8-26)13-20-22(28)21(31-24(16)20)12-17-3-2-4-19(25)11-17/h2-4,11-13H,5-10,14-15H2,1H3/b21-12-. The molecule has 0 unspecified atom stereocenters. The fourth-order valence-electron chi connectivity index (χ4n) is 4.30. The third kappa shape index (κ3) is 4.08. The van der Waals surface area contributed by atoms with E-state index >= 15 is 0 Å². The summed E-state index contributed by atoms with van der Waals surface area (Å²) in [5.74, 6) is 0.995. The zero-order chi connectivity index (χ0) is 21.4. The van der Waals surface area contributed by atoms with Gasteiger partial charge in [-0.05, 0) is 36.8 Å². The largest absolute Gasteiger partial charge is 0.477 e. The highest BCUT2D eigenvalue weighted by atomic mass is 19.1. The monoisotopic (exact) mass is 424 g/mol. The van der Waals surface area contributed by atoms with E-state index in [1.807, 2.05) is 13.0 Å². The third-order valence-electron chi connectivity index (χ3n) is 5.98. The number of hydrogen-bond donors (Lipinski definition) is 0. The van der Waals surface area contributed by atoms with Crippen molar-refractivity contribution in [2.24, 2.45) is 0 Å². The second-order valence-corrected chi connectivity index (χ2v) is 8.14. The SMILES string of the molecule is Cc1c2c(cc3c1O/C(=C\c1cccc(F)c1)C3=O)CN(CCN1CCOCC1)CO2. The van der Waals surface area contributed by atoms with Crippen LogP contribution in [0.15, 0.2) is 36.1 Å². The lowest BCUT2D eigenvalue weighted by atomic mass is 10.00. The Hall–Kier alpha value is -2.74. The molecule has 6 nitrogen and oxygen atoms in total. The number of carbonyl (C=O) groups is 1. The molecule has 0 amide bonds. The first-order chi connectivity index (χ1) is 15.1. The van der Waals surface area contributed by atoms with Crippen molar-refractivity contribution in [2.45, 2.75) is 13.5 Å². The number of halogens is 1. The molecule has 2 aromatic rings. The van der Waals surface area contributed by atoms with Crippen LogP contribution < -0.4 is 9.47 Å². The third-order valence-corrected chi connectivity index (χ3v) is 5.98. The molecule has 31 heavy (non-hydrogen) atoms. The van der Waals surface area contributed by atoms with Crippen LogP contribution in [0.5, 0.6) is 11.5 Å². The second kappa shape index (κ2) is 8.42. The quantitative estimate of drug-likeness (QED) is 0.703. The van der Waals surface area contributed by atoms with Crippen LogP contribution in [-0.4, -0.2) is 61.7 Å². The van der Waals surface area contributed by atoms with E-state index < -0.39 is 0 Å². The Morgan fingerprint density at radius 1 is 1.10 bits per heavy atom. The number of morpholine rings is 1. The summed E-state index contributed by atoms with van der Waals surface area (Å²) in [5.41, 5.74) is 2.95. The summed E-state index contributed by atoms with van der Waals surface area (Å²) < 4.78 is 30.9. The highest BCUT2D eigenvalue weighted by Gasteiger charge is 2.33. The topological polar surface area (TPSA) is 51.2 Å². The number of allylic oxidation sites excluding steroid dienone is 1. The highest BCUT2D eigenvalue weighted by Crippen LogP contribution is 2.43. The fraction of sp³-hybridized carbons (Fsp3) is 0.375. The van der Waals surface area contributed by atoms with Gasteiger partial charge in [-0.2, -0.15) is 0 Å². The normalized spacial score (nSPS) is 20.3. The van der Waals surface area contributed by atoms with E-state index in [9.17, 15) is 9.18 Å². The number of benzene rings is 2. The average Bonchev–Trinajstić information content (AvgIpc) is 3.09. The van der Waals surface area contributed by atoms with Gasteiger partial charge in [-0.25, -0.2) is 4.39 Å². The molecule has 1 saturated heterocycles. The summed E-state index contributed by atoms with van der Waals surface area (Å²) in [4.78, 5) is 17.6. The van der Waals surface area contributed by atoms with E-state index in [-0.39, 0.29) is 17.4 Å². The van der Waals surface area contributed by atoms with Crippen LogP contribution in [-0.2, 0) is 11.3 Å². The minimum Gasteiger partial charge on any atom is -0.477 e. The molecule has 0 N–H and O–H groups in total. The molecule has 7 heteroatoms. The summed E-state index contributed by atoms with van der Waals surface area (Å²) >= 11 is 0. The number of Topliss-reactive ketones (excluding diaryl/α,β-unsaturated/α-hetero) is 1. The smallest absolute Gasteiger partial charge is 0.231 e. The van der Waals surface area contributed by atoms with E-state index in [0.717, 1.165) is 62.8 Å². The predicted molar refractivity (Wildman–Crippen MR) is 114 cm³/mol. The van der Waals surface area contributed by atoms with Gasteiger partial charge in [-0.1, -0.05) is 12.1 Å². The van der Waals surface area contributed by atoms with Crippen molar-refractivity contribution in [1.29, 1.82) is 0 Å². The van der Waals surface area contributed by atoms with Gasteiger partial charge in [0.15, 0.2) is 5.76 Å². The number of rotatable bonds is 4. The Kier molecular flexibility index (Phi) is 5.48. The van der Waals surface area contributed by atoms with Crippen LogP contribution in [0.3, 0.4) is 0 Å². The first-order valence-electron chi connectivity index (χ1n) is 10.6. The number of ketones is 1. The Morgan fingerprint density at radius 2 is 1.90 bits per heavy atom. The lowest BCUT2D eigenvalue weighted by molar-refractivity contribution is 0.0239. The van der Waals surface area contributed by atoms with Crippen molar-refractivity contribution in [3.63, 3.8) is 0 Å². The molecule has 0 radical (unpaired) electrons. The van der Waals surface area contributed by atoms with Crippen molar-refractivity contribution >= 4 is 11.9 Å². The Bertz CT molecular complexity index is 1050. The highest BCUT2D eigenvalue weighted by molar-refractivity contribution is 6.15. The summed E-state index contributed by atoms with van der Waals surface area (Å²) in [6, 6.07) is 7.97. The van der Waals surface area contributed by atoms with Gasteiger partial charge < -0.3 is 14.2 Å². The van der Waals surface area contributed by atoms with E-state index in [2.05, 4.69) is 9.80 Å². The molecule has 1 fully saturated rings. The van der Waals surface area contributed by atoms with Crippen molar-refractivity contribution < 1.29 is 23.4 Å². The van der Waals surface area contributed by atoms with E-state index in [1.165, 1.54) is 12.1 Å². The van der Waals surface area contributed by atoms with Gasteiger partial charge in [0.05, 0.1) is 18.8 Å². The summed E-state index contributed by atoms with van der Waals surface area (Å²) in [6.07, 6.45) is 1.58. The maximum absolute atomic E-state index is 13.5. The van der Waals surface area contributed by atoms with Crippen LogP contribution in [0.4, 0.5) is 4.39 Å². The van der Waals surface area contributed by atoms with Crippen LogP contribution in [0, 0.1) is 12.7 Å². The van der Waals surface area contributed by atoms with E-state index in [4.69, 9.17) is 14.2 Å². The Balaban J connectivity index is 1.34. The first-order valence-corrected chi connectivity index (χ1v) is 10.6. The number of fused-ring (bicyclic) bond motifs is 2. The van der Waals surface area contributed by atoms with Gasteiger partial charge in [0.1, 0.15) is 24.0 Å². The predicted octanol–water partition coefficient (Wildman–Crippen LogP) is 3.23.